The first kappa shape index (κ1) is 22.6. The Morgan fingerprint density at radius 2 is 1.03 bits per heavy atom. The zero-order valence-electron chi connectivity index (χ0n) is 19.9. The lowest BCUT2D eigenvalue weighted by Crippen LogP contribution is -2.38. The van der Waals surface area contributed by atoms with E-state index in [0.717, 1.165) is 21.8 Å². The van der Waals surface area contributed by atoms with Crippen LogP contribution in [-0.4, -0.2) is 26.7 Å². The number of benzene rings is 4. The van der Waals surface area contributed by atoms with Crippen molar-refractivity contribution in [3.05, 3.63) is 161 Å². The molecule has 0 atom stereocenters. The molecule has 5 aromatic rings. The quantitative estimate of drug-likeness (QED) is 0.227. The minimum Gasteiger partial charge on any atom is -0.266 e. The third kappa shape index (κ3) is 3.75. The molecule has 1 aliphatic rings. The summed E-state index contributed by atoms with van der Waals surface area (Å²) in [6.07, 6.45) is 1.91. The number of hydrogen-bond donors (Lipinski definition) is 0. The Morgan fingerprint density at radius 3 is 1.49 bits per heavy atom. The van der Waals surface area contributed by atoms with E-state index in [4.69, 9.17) is 9.94 Å². The van der Waals surface area contributed by atoms with Crippen LogP contribution >= 0.6 is 0 Å². The number of fused-ring (bicyclic) bond motifs is 1. The number of hydroxylamine groups is 2. The maximum absolute atomic E-state index is 12.7. The van der Waals surface area contributed by atoms with E-state index in [-0.39, 0.29) is 6.61 Å². The molecule has 6 heteroatoms. The van der Waals surface area contributed by atoms with Gasteiger partial charge in [-0.25, -0.2) is 0 Å². The molecule has 0 radical (unpaired) electrons. The molecule has 6 rings (SSSR count). The van der Waals surface area contributed by atoms with E-state index in [1.165, 1.54) is 0 Å². The summed E-state index contributed by atoms with van der Waals surface area (Å²) in [4.78, 5) is 31.1. The van der Waals surface area contributed by atoms with Gasteiger partial charge in [-0.15, -0.1) is 5.06 Å². The van der Waals surface area contributed by atoms with Gasteiger partial charge in [-0.05, 0) is 34.9 Å². The van der Waals surface area contributed by atoms with Crippen molar-refractivity contribution >= 4 is 11.8 Å². The molecular formula is C31H23N3O3. The summed E-state index contributed by atoms with van der Waals surface area (Å²) in [5.74, 6) is -0.931. The Kier molecular flexibility index (Phi) is 5.71. The Labute approximate surface area is 214 Å². The van der Waals surface area contributed by atoms with Crippen LogP contribution in [0.4, 0.5) is 0 Å². The fraction of sp³-hybridized carbons (Fsp3) is 0.0645. The molecule has 2 amide bonds. The molecular weight excluding hydrogens is 462 g/mol. The number of carbonyl (C=O) groups is 2. The fourth-order valence-corrected chi connectivity index (χ4v) is 4.98. The van der Waals surface area contributed by atoms with Crippen LogP contribution in [0, 0.1) is 0 Å². The molecule has 0 unspecified atom stereocenters. The van der Waals surface area contributed by atoms with E-state index in [0.29, 0.717) is 16.8 Å². The van der Waals surface area contributed by atoms with E-state index in [2.05, 4.69) is 36.4 Å². The van der Waals surface area contributed by atoms with E-state index >= 15 is 0 Å². The van der Waals surface area contributed by atoms with Crippen molar-refractivity contribution in [2.24, 2.45) is 0 Å². The third-order valence-electron chi connectivity index (χ3n) is 6.66. The predicted molar refractivity (Wildman–Crippen MR) is 139 cm³/mol. The zero-order valence-corrected chi connectivity index (χ0v) is 19.9. The van der Waals surface area contributed by atoms with Gasteiger partial charge in [-0.3, -0.25) is 19.1 Å². The molecule has 0 saturated heterocycles. The van der Waals surface area contributed by atoms with Crippen LogP contribution in [0.3, 0.4) is 0 Å². The van der Waals surface area contributed by atoms with Gasteiger partial charge in [0.1, 0.15) is 12.1 Å². The highest BCUT2D eigenvalue weighted by Crippen LogP contribution is 2.40. The van der Waals surface area contributed by atoms with Crippen LogP contribution < -0.4 is 0 Å². The van der Waals surface area contributed by atoms with Gasteiger partial charge in [0.05, 0.1) is 16.8 Å². The van der Waals surface area contributed by atoms with Crippen molar-refractivity contribution in [2.45, 2.75) is 12.1 Å². The van der Waals surface area contributed by atoms with Gasteiger partial charge in [0.15, 0.2) is 0 Å². The lowest BCUT2D eigenvalue weighted by atomic mass is 9.77. The maximum atomic E-state index is 12.7. The van der Waals surface area contributed by atoms with Crippen molar-refractivity contribution < 1.29 is 14.4 Å². The molecule has 6 nitrogen and oxygen atoms in total. The normalized spacial score (nSPS) is 13.1. The molecule has 2 heterocycles. The Hall–Kier alpha value is -4.81. The standard InChI is InChI=1S/C31H23N3O3/c35-29-27-18-10-11-19-28(27)30(36)34(29)37-22-26-20-21-33(32-26)31(23-12-4-1-5-13-23,24-14-6-2-7-15-24)25-16-8-3-9-17-25/h1-21H,22H2. The number of amides is 2. The van der Waals surface area contributed by atoms with Crippen molar-refractivity contribution in [1.82, 2.24) is 14.8 Å². The molecule has 4 aromatic carbocycles. The predicted octanol–water partition coefficient (Wildman–Crippen LogP) is 5.45. The van der Waals surface area contributed by atoms with Crippen LogP contribution in [-0.2, 0) is 17.0 Å². The van der Waals surface area contributed by atoms with Crippen molar-refractivity contribution in [3.8, 4) is 0 Å². The van der Waals surface area contributed by atoms with E-state index in [9.17, 15) is 9.59 Å². The van der Waals surface area contributed by atoms with Gasteiger partial charge < -0.3 is 0 Å². The van der Waals surface area contributed by atoms with Crippen molar-refractivity contribution in [3.63, 3.8) is 0 Å². The summed E-state index contributed by atoms with van der Waals surface area (Å²) in [5.41, 5.74) is 3.65. The monoisotopic (exact) mass is 485 g/mol. The Bertz CT molecular complexity index is 1430. The Balaban J connectivity index is 1.40. The van der Waals surface area contributed by atoms with Gasteiger partial charge in [-0.1, -0.05) is 103 Å². The van der Waals surface area contributed by atoms with Crippen molar-refractivity contribution in [2.75, 3.05) is 0 Å². The first-order chi connectivity index (χ1) is 18.2. The van der Waals surface area contributed by atoms with Gasteiger partial charge in [-0.2, -0.15) is 5.10 Å². The Morgan fingerprint density at radius 1 is 0.595 bits per heavy atom. The molecule has 0 N–H and O–H groups in total. The highest BCUT2D eigenvalue weighted by Gasteiger charge is 2.40. The second-order valence-electron chi connectivity index (χ2n) is 8.78. The first-order valence-electron chi connectivity index (χ1n) is 12.0. The number of aromatic nitrogens is 2. The van der Waals surface area contributed by atoms with E-state index in [1.54, 1.807) is 24.3 Å². The largest absolute Gasteiger partial charge is 0.285 e. The average molecular weight is 486 g/mol. The van der Waals surface area contributed by atoms with Crippen molar-refractivity contribution in [1.29, 1.82) is 0 Å². The van der Waals surface area contributed by atoms with Crippen LogP contribution in [0.1, 0.15) is 43.1 Å². The SMILES string of the molecule is O=C1c2ccccc2C(=O)N1OCc1ccn(C(c2ccccc2)(c2ccccc2)c2ccccc2)n1. The number of imide groups is 1. The van der Waals surface area contributed by atoms with Crippen LogP contribution in [0.5, 0.6) is 0 Å². The zero-order chi connectivity index (χ0) is 25.2. The number of nitrogens with zero attached hydrogens (tertiary/aromatic N) is 3. The minimum absolute atomic E-state index is 0.0348. The highest BCUT2D eigenvalue weighted by atomic mass is 16.7. The van der Waals surface area contributed by atoms with Gasteiger partial charge in [0.2, 0.25) is 0 Å². The summed E-state index contributed by atoms with van der Waals surface area (Å²) in [6.45, 7) is -0.0348. The second-order valence-corrected chi connectivity index (χ2v) is 8.78. The summed E-state index contributed by atoms with van der Waals surface area (Å²) in [7, 11) is 0. The van der Waals surface area contributed by atoms with Gasteiger partial charge >= 0.3 is 0 Å². The maximum Gasteiger partial charge on any atom is 0.285 e. The molecule has 1 aliphatic heterocycles. The highest BCUT2D eigenvalue weighted by molar-refractivity contribution is 6.20. The minimum atomic E-state index is -0.752. The molecule has 1 aromatic heterocycles. The van der Waals surface area contributed by atoms with Crippen LogP contribution in [0.15, 0.2) is 128 Å². The summed E-state index contributed by atoms with van der Waals surface area (Å²) in [5, 5.41) is 5.74. The average Bonchev–Trinajstić information content (AvgIpc) is 3.53. The summed E-state index contributed by atoms with van der Waals surface area (Å²) < 4.78 is 1.92. The molecule has 0 bridgehead atoms. The lowest BCUT2D eigenvalue weighted by Gasteiger charge is -2.36. The fourth-order valence-electron chi connectivity index (χ4n) is 4.98. The van der Waals surface area contributed by atoms with E-state index < -0.39 is 17.4 Å². The molecule has 0 saturated carbocycles. The number of carbonyl (C=O) groups excluding carboxylic acids is 2. The van der Waals surface area contributed by atoms with E-state index in [1.807, 2.05) is 71.5 Å². The number of hydrogen-bond acceptors (Lipinski definition) is 4. The molecule has 180 valence electrons. The van der Waals surface area contributed by atoms with Gasteiger partial charge in [0, 0.05) is 6.20 Å². The van der Waals surface area contributed by atoms with Gasteiger partial charge in [0.25, 0.3) is 11.8 Å². The lowest BCUT2D eigenvalue weighted by molar-refractivity contribution is -0.102. The molecule has 37 heavy (non-hydrogen) atoms. The first-order valence-corrected chi connectivity index (χ1v) is 12.0. The molecule has 0 fully saturated rings. The molecule has 0 aliphatic carbocycles. The summed E-state index contributed by atoms with van der Waals surface area (Å²) in [6, 6.07) is 39.2. The number of rotatable bonds is 7. The third-order valence-corrected chi connectivity index (χ3v) is 6.66. The smallest absolute Gasteiger partial charge is 0.266 e. The second kappa shape index (κ2) is 9.33. The summed E-state index contributed by atoms with van der Waals surface area (Å²) >= 11 is 0. The topological polar surface area (TPSA) is 64.4 Å². The van der Waals surface area contributed by atoms with Crippen LogP contribution in [0.25, 0.3) is 0 Å². The van der Waals surface area contributed by atoms with Crippen LogP contribution in [0.2, 0.25) is 0 Å². The molecule has 0 spiro atoms.